The number of rotatable bonds is 3. The molecule has 1 aromatic carbocycles. The highest BCUT2D eigenvalue weighted by atomic mass is 16.6. The molecule has 0 aliphatic carbocycles. The van der Waals surface area contributed by atoms with E-state index >= 15 is 0 Å². The molecule has 0 spiro atoms. The Hall–Kier alpha value is -2.50. The van der Waals surface area contributed by atoms with E-state index in [1.807, 2.05) is 0 Å². The van der Waals surface area contributed by atoms with Gasteiger partial charge in [0.15, 0.2) is 6.29 Å². The molecular formula is C11H9N3O3. The number of aryl methyl sites for hydroxylation is 1. The molecular weight excluding hydrogens is 222 g/mol. The van der Waals surface area contributed by atoms with Crippen molar-refractivity contribution in [3.63, 3.8) is 0 Å². The summed E-state index contributed by atoms with van der Waals surface area (Å²) in [4.78, 5) is 20.8. The number of nitrogens with zero attached hydrogens (tertiary/aromatic N) is 3. The summed E-state index contributed by atoms with van der Waals surface area (Å²) in [5, 5.41) is 14.7. The van der Waals surface area contributed by atoms with Gasteiger partial charge in [-0.2, -0.15) is 5.10 Å². The van der Waals surface area contributed by atoms with Crippen LogP contribution in [-0.4, -0.2) is 21.0 Å². The fourth-order valence-electron chi connectivity index (χ4n) is 1.47. The van der Waals surface area contributed by atoms with Crippen LogP contribution in [-0.2, 0) is 0 Å². The monoisotopic (exact) mass is 231 g/mol. The minimum Gasteiger partial charge on any atom is -0.296 e. The maximum Gasteiger partial charge on any atom is 0.271 e. The molecule has 0 unspecified atom stereocenters. The Morgan fingerprint density at radius 2 is 2.24 bits per heavy atom. The van der Waals surface area contributed by atoms with Crippen LogP contribution in [0, 0.1) is 17.0 Å². The van der Waals surface area contributed by atoms with Crippen LogP contribution in [0.5, 0.6) is 0 Å². The zero-order valence-electron chi connectivity index (χ0n) is 9.03. The molecule has 0 aliphatic rings. The van der Waals surface area contributed by atoms with Crippen molar-refractivity contribution in [3.05, 3.63) is 51.8 Å². The van der Waals surface area contributed by atoms with Gasteiger partial charge in [0, 0.05) is 18.3 Å². The van der Waals surface area contributed by atoms with E-state index in [2.05, 4.69) is 5.10 Å². The summed E-state index contributed by atoms with van der Waals surface area (Å²) in [6.07, 6.45) is 2.31. The Morgan fingerprint density at radius 1 is 1.47 bits per heavy atom. The molecule has 0 saturated carbocycles. The van der Waals surface area contributed by atoms with E-state index in [0.717, 1.165) is 5.56 Å². The van der Waals surface area contributed by atoms with Gasteiger partial charge in [-0.3, -0.25) is 14.9 Å². The highest BCUT2D eigenvalue weighted by molar-refractivity contribution is 5.73. The second kappa shape index (κ2) is 4.17. The first kappa shape index (κ1) is 11.0. The largest absolute Gasteiger partial charge is 0.296 e. The molecule has 2 rings (SSSR count). The van der Waals surface area contributed by atoms with Crippen molar-refractivity contribution in [1.29, 1.82) is 0 Å². The third-order valence-corrected chi connectivity index (χ3v) is 2.35. The minimum absolute atomic E-state index is 0.0108. The predicted octanol–water partition coefficient (Wildman–Crippen LogP) is 1.90. The fraction of sp³-hybridized carbons (Fsp3) is 0.0909. The second-order valence-corrected chi connectivity index (χ2v) is 3.54. The van der Waals surface area contributed by atoms with Crippen molar-refractivity contribution >= 4 is 12.0 Å². The number of nitro groups is 1. The lowest BCUT2D eigenvalue weighted by molar-refractivity contribution is -0.384. The Kier molecular flexibility index (Phi) is 2.70. The van der Waals surface area contributed by atoms with Gasteiger partial charge in [-0.05, 0) is 18.6 Å². The average molecular weight is 231 g/mol. The molecule has 86 valence electrons. The van der Waals surface area contributed by atoms with Crippen LogP contribution in [0.3, 0.4) is 0 Å². The van der Waals surface area contributed by atoms with Crippen molar-refractivity contribution in [3.8, 4) is 5.69 Å². The van der Waals surface area contributed by atoms with Gasteiger partial charge in [-0.15, -0.1) is 0 Å². The first-order valence-electron chi connectivity index (χ1n) is 4.88. The number of hydrogen-bond acceptors (Lipinski definition) is 4. The molecule has 6 heteroatoms. The molecule has 0 N–H and O–H groups in total. The third kappa shape index (κ3) is 2.05. The highest BCUT2D eigenvalue weighted by Crippen LogP contribution is 2.17. The van der Waals surface area contributed by atoms with Gasteiger partial charge in [-0.25, -0.2) is 4.68 Å². The number of carbonyl (C=O) groups is 1. The second-order valence-electron chi connectivity index (χ2n) is 3.54. The Labute approximate surface area is 96.6 Å². The maximum atomic E-state index is 10.7. The van der Waals surface area contributed by atoms with Crippen molar-refractivity contribution < 1.29 is 9.72 Å². The fourth-order valence-corrected chi connectivity index (χ4v) is 1.47. The highest BCUT2D eigenvalue weighted by Gasteiger charge is 2.09. The molecule has 0 fully saturated rings. The normalized spacial score (nSPS) is 10.2. The third-order valence-electron chi connectivity index (χ3n) is 2.35. The van der Waals surface area contributed by atoms with E-state index in [4.69, 9.17) is 0 Å². The lowest BCUT2D eigenvalue weighted by Crippen LogP contribution is -1.97. The summed E-state index contributed by atoms with van der Waals surface area (Å²) >= 11 is 0. The smallest absolute Gasteiger partial charge is 0.271 e. The SMILES string of the molecule is Cc1cn(-c2cccc([N+](=O)[O-])c2)nc1C=O. The number of benzene rings is 1. The van der Waals surface area contributed by atoms with Gasteiger partial charge in [0.05, 0.1) is 10.6 Å². The molecule has 0 radical (unpaired) electrons. The van der Waals surface area contributed by atoms with Gasteiger partial charge in [-0.1, -0.05) is 6.07 Å². The van der Waals surface area contributed by atoms with Crippen LogP contribution >= 0.6 is 0 Å². The van der Waals surface area contributed by atoms with E-state index in [1.165, 1.54) is 16.8 Å². The molecule has 0 aliphatic heterocycles. The lowest BCUT2D eigenvalue weighted by atomic mass is 10.3. The molecule has 1 aromatic heterocycles. The molecule has 0 atom stereocenters. The quantitative estimate of drug-likeness (QED) is 0.459. The number of non-ortho nitro benzene ring substituents is 1. The molecule has 0 saturated heterocycles. The summed E-state index contributed by atoms with van der Waals surface area (Å²) in [7, 11) is 0. The summed E-state index contributed by atoms with van der Waals surface area (Å²) in [6, 6.07) is 6.07. The number of hydrogen-bond donors (Lipinski definition) is 0. The van der Waals surface area contributed by atoms with E-state index in [9.17, 15) is 14.9 Å². The predicted molar refractivity (Wildman–Crippen MR) is 60.3 cm³/mol. The summed E-state index contributed by atoms with van der Waals surface area (Å²) in [6.45, 7) is 1.75. The van der Waals surface area contributed by atoms with Gasteiger partial charge >= 0.3 is 0 Å². The van der Waals surface area contributed by atoms with Gasteiger partial charge < -0.3 is 0 Å². The Morgan fingerprint density at radius 3 is 2.82 bits per heavy atom. The van der Waals surface area contributed by atoms with Crippen LogP contribution in [0.1, 0.15) is 16.1 Å². The van der Waals surface area contributed by atoms with Crippen molar-refractivity contribution in [2.45, 2.75) is 6.92 Å². The van der Waals surface area contributed by atoms with Gasteiger partial charge in [0.25, 0.3) is 5.69 Å². The molecule has 17 heavy (non-hydrogen) atoms. The van der Waals surface area contributed by atoms with Crippen LogP contribution in [0.2, 0.25) is 0 Å². The summed E-state index contributed by atoms with van der Waals surface area (Å²) in [5.74, 6) is 0. The summed E-state index contributed by atoms with van der Waals surface area (Å²) in [5.41, 5.74) is 1.60. The summed E-state index contributed by atoms with van der Waals surface area (Å²) < 4.78 is 1.45. The maximum absolute atomic E-state index is 10.7. The van der Waals surface area contributed by atoms with E-state index in [-0.39, 0.29) is 5.69 Å². The Bertz CT molecular complexity index is 589. The number of aromatic nitrogens is 2. The standard InChI is InChI=1S/C11H9N3O3/c1-8-6-13(12-11(8)7-15)9-3-2-4-10(5-9)14(16)17/h2-7H,1H3. The van der Waals surface area contributed by atoms with Crippen molar-refractivity contribution in [2.75, 3.05) is 0 Å². The van der Waals surface area contributed by atoms with Crippen LogP contribution in [0.15, 0.2) is 30.5 Å². The molecule has 0 bridgehead atoms. The van der Waals surface area contributed by atoms with Crippen molar-refractivity contribution in [1.82, 2.24) is 9.78 Å². The molecule has 0 amide bonds. The van der Waals surface area contributed by atoms with Gasteiger partial charge in [0.2, 0.25) is 0 Å². The zero-order chi connectivity index (χ0) is 12.4. The zero-order valence-corrected chi connectivity index (χ0v) is 9.03. The average Bonchev–Trinajstić information content (AvgIpc) is 2.71. The van der Waals surface area contributed by atoms with Gasteiger partial charge in [0.1, 0.15) is 5.69 Å². The van der Waals surface area contributed by atoms with Crippen molar-refractivity contribution in [2.24, 2.45) is 0 Å². The number of carbonyl (C=O) groups excluding carboxylic acids is 1. The van der Waals surface area contributed by atoms with Crippen LogP contribution < -0.4 is 0 Å². The van der Waals surface area contributed by atoms with E-state index < -0.39 is 4.92 Å². The lowest BCUT2D eigenvalue weighted by Gasteiger charge is -2.00. The van der Waals surface area contributed by atoms with Crippen LogP contribution in [0.25, 0.3) is 5.69 Å². The number of aldehydes is 1. The number of nitro benzene ring substituents is 1. The Balaban J connectivity index is 2.48. The topological polar surface area (TPSA) is 78.0 Å². The first-order chi connectivity index (χ1) is 8.11. The van der Waals surface area contributed by atoms with E-state index in [1.54, 1.807) is 25.3 Å². The molecule has 6 nitrogen and oxygen atoms in total. The molecule has 2 aromatic rings. The van der Waals surface area contributed by atoms with Crippen LogP contribution in [0.4, 0.5) is 5.69 Å². The molecule has 1 heterocycles. The first-order valence-corrected chi connectivity index (χ1v) is 4.88. The van der Waals surface area contributed by atoms with E-state index in [0.29, 0.717) is 17.7 Å². The minimum atomic E-state index is -0.472.